The Morgan fingerprint density at radius 1 is 1.22 bits per heavy atom. The monoisotopic (exact) mass is 339 g/mol. The summed E-state index contributed by atoms with van der Waals surface area (Å²) in [4.78, 5) is 2.26. The van der Waals surface area contributed by atoms with Gasteiger partial charge in [-0.1, -0.05) is 30.3 Å². The van der Waals surface area contributed by atoms with E-state index in [1.807, 2.05) is 6.07 Å². The Morgan fingerprint density at radius 2 is 1.83 bits per heavy atom. The number of hydrogen-bond donors (Lipinski definition) is 1. The van der Waals surface area contributed by atoms with E-state index in [-0.39, 0.29) is 0 Å². The van der Waals surface area contributed by atoms with Crippen molar-refractivity contribution in [3.63, 3.8) is 0 Å². The third-order valence-electron chi connectivity index (χ3n) is 4.61. The van der Waals surface area contributed by atoms with Crippen LogP contribution in [0.25, 0.3) is 0 Å². The Bertz CT molecular complexity index is 567. The first kappa shape index (κ1) is 18.4. The Labute approximate surface area is 140 Å². The van der Waals surface area contributed by atoms with Gasteiger partial charge in [-0.25, -0.2) is 12.7 Å². The van der Waals surface area contributed by atoms with Crippen LogP contribution in [0, 0.1) is 0 Å². The molecule has 130 valence electrons. The Morgan fingerprint density at radius 3 is 2.35 bits per heavy atom. The third-order valence-corrected chi connectivity index (χ3v) is 5.91. The number of sulfonamides is 1. The molecule has 0 saturated carbocycles. The largest absolute Gasteiger partial charge is 0.312 e. The lowest BCUT2D eigenvalue weighted by Crippen LogP contribution is -2.48. The zero-order valence-electron chi connectivity index (χ0n) is 14.4. The van der Waals surface area contributed by atoms with Crippen molar-refractivity contribution in [3.05, 3.63) is 35.9 Å². The fraction of sp³-hybridized carbons (Fsp3) is 0.647. The number of piperidine rings is 1. The summed E-state index contributed by atoms with van der Waals surface area (Å²) in [6.07, 6.45) is 4.09. The molecule has 1 aromatic rings. The molecule has 0 bridgehead atoms. The number of rotatable bonds is 7. The van der Waals surface area contributed by atoms with Gasteiger partial charge in [-0.15, -0.1) is 0 Å². The van der Waals surface area contributed by atoms with Gasteiger partial charge >= 0.3 is 0 Å². The van der Waals surface area contributed by atoms with Crippen LogP contribution < -0.4 is 5.32 Å². The predicted octanol–water partition coefficient (Wildman–Crippen LogP) is 1.17. The molecule has 0 radical (unpaired) electrons. The van der Waals surface area contributed by atoms with E-state index in [4.69, 9.17) is 0 Å². The summed E-state index contributed by atoms with van der Waals surface area (Å²) in [5, 5.41) is 3.63. The first-order valence-corrected chi connectivity index (χ1v) is 10.1. The van der Waals surface area contributed by atoms with Gasteiger partial charge in [0.1, 0.15) is 0 Å². The summed E-state index contributed by atoms with van der Waals surface area (Å²) in [5.74, 6) is 0. The van der Waals surface area contributed by atoms with Gasteiger partial charge in [0.05, 0.1) is 6.26 Å². The minimum absolute atomic E-state index is 0.409. The number of hydrogen-bond acceptors (Lipinski definition) is 4. The predicted molar refractivity (Wildman–Crippen MR) is 95.1 cm³/mol. The van der Waals surface area contributed by atoms with Crippen molar-refractivity contribution in [1.82, 2.24) is 14.5 Å². The average molecular weight is 340 g/mol. The smallest absolute Gasteiger partial charge is 0.211 e. The third kappa shape index (κ3) is 5.88. The summed E-state index contributed by atoms with van der Waals surface area (Å²) in [7, 11) is 1.19. The molecule has 5 nitrogen and oxygen atoms in total. The normalized spacial score (nSPS) is 19.1. The highest BCUT2D eigenvalue weighted by Crippen LogP contribution is 2.14. The molecular weight excluding hydrogens is 310 g/mol. The molecule has 1 aliphatic heterocycles. The standard InChI is InChI=1S/C17H29N3O2S/c1-19(2)17(13-15-7-5-4-6-8-15)14-18-16-9-11-20(12-10-16)23(3,21)22/h4-8,16-18H,9-14H2,1-3H3/t17-/m1/s1. The van der Waals surface area contributed by atoms with Crippen molar-refractivity contribution in [2.45, 2.75) is 31.3 Å². The second-order valence-corrected chi connectivity index (χ2v) is 8.63. The van der Waals surface area contributed by atoms with Crippen molar-refractivity contribution in [2.75, 3.05) is 40.0 Å². The zero-order chi connectivity index (χ0) is 16.9. The molecule has 0 aliphatic carbocycles. The molecule has 6 heteroatoms. The number of nitrogens with zero attached hydrogens (tertiary/aromatic N) is 2. The van der Waals surface area contributed by atoms with Gasteiger partial charge in [-0.3, -0.25) is 0 Å². The van der Waals surface area contributed by atoms with Gasteiger partial charge in [0.2, 0.25) is 10.0 Å². The van der Waals surface area contributed by atoms with Crippen molar-refractivity contribution in [3.8, 4) is 0 Å². The van der Waals surface area contributed by atoms with Crippen LogP contribution in [0.4, 0.5) is 0 Å². The van der Waals surface area contributed by atoms with Crippen molar-refractivity contribution >= 4 is 10.0 Å². The summed E-state index contributed by atoms with van der Waals surface area (Å²) in [6, 6.07) is 11.4. The summed E-state index contributed by atoms with van der Waals surface area (Å²) < 4.78 is 24.7. The van der Waals surface area contributed by atoms with Crippen molar-refractivity contribution < 1.29 is 8.42 Å². The molecule has 0 amide bonds. The number of nitrogens with one attached hydrogen (secondary N) is 1. The lowest BCUT2D eigenvalue weighted by molar-refractivity contribution is 0.244. The van der Waals surface area contributed by atoms with Crippen LogP contribution in [0.2, 0.25) is 0 Å². The molecule has 1 fully saturated rings. The van der Waals surface area contributed by atoms with Gasteiger partial charge in [0.25, 0.3) is 0 Å². The highest BCUT2D eigenvalue weighted by Gasteiger charge is 2.25. The molecule has 1 heterocycles. The van der Waals surface area contributed by atoms with Crippen LogP contribution in [-0.4, -0.2) is 69.7 Å². The van der Waals surface area contributed by atoms with Crippen molar-refractivity contribution in [1.29, 1.82) is 0 Å². The fourth-order valence-corrected chi connectivity index (χ4v) is 3.89. The molecular formula is C17H29N3O2S. The molecule has 0 unspecified atom stereocenters. The van der Waals surface area contributed by atoms with Gasteiger partial charge in [0, 0.05) is 31.7 Å². The van der Waals surface area contributed by atoms with E-state index < -0.39 is 10.0 Å². The Balaban J connectivity index is 1.81. The van der Waals surface area contributed by atoms with Crippen LogP contribution in [0.3, 0.4) is 0 Å². The maximum Gasteiger partial charge on any atom is 0.211 e. The second-order valence-electron chi connectivity index (χ2n) is 6.65. The van der Waals surface area contributed by atoms with Gasteiger partial charge in [-0.05, 0) is 38.9 Å². The maximum atomic E-state index is 11.6. The molecule has 1 saturated heterocycles. The maximum absolute atomic E-state index is 11.6. The quantitative estimate of drug-likeness (QED) is 0.810. The summed E-state index contributed by atoms with van der Waals surface area (Å²) in [5.41, 5.74) is 1.35. The SMILES string of the molecule is CN(C)[C@@H](CNC1CCN(S(C)(=O)=O)CC1)Cc1ccccc1. The lowest BCUT2D eigenvalue weighted by atomic mass is 10.0. The highest BCUT2D eigenvalue weighted by molar-refractivity contribution is 7.88. The Kier molecular flexibility index (Phi) is 6.59. The van der Waals surface area contributed by atoms with Crippen LogP contribution in [0.1, 0.15) is 18.4 Å². The van der Waals surface area contributed by atoms with Crippen LogP contribution >= 0.6 is 0 Å². The second kappa shape index (κ2) is 8.24. The number of benzene rings is 1. The zero-order valence-corrected chi connectivity index (χ0v) is 15.2. The van der Waals surface area contributed by atoms with E-state index >= 15 is 0 Å². The van der Waals surface area contributed by atoms with Crippen molar-refractivity contribution in [2.24, 2.45) is 0 Å². The molecule has 23 heavy (non-hydrogen) atoms. The minimum atomic E-state index is -3.04. The average Bonchev–Trinajstić information content (AvgIpc) is 2.51. The molecule has 2 rings (SSSR count). The van der Waals surface area contributed by atoms with E-state index in [9.17, 15) is 8.42 Å². The molecule has 1 aromatic carbocycles. The van der Waals surface area contributed by atoms with Crippen LogP contribution in [0.15, 0.2) is 30.3 Å². The van der Waals surface area contributed by atoms with E-state index in [0.717, 1.165) is 25.8 Å². The summed E-state index contributed by atoms with van der Waals surface area (Å²) in [6.45, 7) is 2.18. The fourth-order valence-electron chi connectivity index (χ4n) is 3.02. The molecule has 1 atom stereocenters. The minimum Gasteiger partial charge on any atom is -0.312 e. The topological polar surface area (TPSA) is 52.6 Å². The van der Waals surface area contributed by atoms with E-state index in [2.05, 4.69) is 48.6 Å². The van der Waals surface area contributed by atoms with Gasteiger partial charge in [-0.2, -0.15) is 0 Å². The van der Waals surface area contributed by atoms with E-state index in [1.165, 1.54) is 11.8 Å². The number of likely N-dealkylation sites (N-methyl/N-ethyl adjacent to an activating group) is 1. The first-order chi connectivity index (χ1) is 10.9. The molecule has 1 N–H and O–H groups in total. The first-order valence-electron chi connectivity index (χ1n) is 8.25. The lowest BCUT2D eigenvalue weighted by Gasteiger charge is -2.33. The molecule has 0 spiro atoms. The molecule has 0 aromatic heterocycles. The van der Waals surface area contributed by atoms with Crippen LogP contribution in [0.5, 0.6) is 0 Å². The Hall–Kier alpha value is -0.950. The van der Waals surface area contributed by atoms with E-state index in [0.29, 0.717) is 25.2 Å². The van der Waals surface area contributed by atoms with Gasteiger partial charge < -0.3 is 10.2 Å². The summed E-state index contributed by atoms with van der Waals surface area (Å²) >= 11 is 0. The van der Waals surface area contributed by atoms with E-state index in [1.54, 1.807) is 4.31 Å². The molecule has 1 aliphatic rings. The van der Waals surface area contributed by atoms with Crippen LogP contribution in [-0.2, 0) is 16.4 Å². The van der Waals surface area contributed by atoms with Gasteiger partial charge in [0.15, 0.2) is 0 Å². The highest BCUT2D eigenvalue weighted by atomic mass is 32.2.